The number of carbonyl (C=O) groups excluding carboxylic acids is 1. The van der Waals surface area contributed by atoms with Crippen LogP contribution in [0.4, 0.5) is 0 Å². The highest BCUT2D eigenvalue weighted by Gasteiger charge is 2.26. The average Bonchev–Trinajstić information content (AvgIpc) is 3.00. The van der Waals surface area contributed by atoms with Crippen molar-refractivity contribution in [2.75, 3.05) is 54.1 Å². The molecule has 0 aromatic heterocycles. The van der Waals surface area contributed by atoms with E-state index in [1.54, 1.807) is 6.92 Å². The molecule has 0 aliphatic carbocycles. The molecule has 0 spiro atoms. The molecule has 0 aromatic rings. The lowest BCUT2D eigenvalue weighted by Crippen LogP contribution is -2.37. The lowest BCUT2D eigenvalue weighted by Gasteiger charge is -2.24. The van der Waals surface area contributed by atoms with Gasteiger partial charge in [-0.15, -0.1) is 0 Å². The molecule has 1 N–H and O–H groups in total. The Morgan fingerprint density at radius 2 is 0.978 bits per heavy atom. The van der Waals surface area contributed by atoms with Crippen molar-refractivity contribution in [3.05, 3.63) is 0 Å². The summed E-state index contributed by atoms with van der Waals surface area (Å²) in [5, 5.41) is 0. The fourth-order valence-corrected chi connectivity index (χ4v) is 6.15. The van der Waals surface area contributed by atoms with Gasteiger partial charge in [0.2, 0.25) is 0 Å². The first-order valence-corrected chi connectivity index (χ1v) is 20.8. The smallest absolute Gasteiger partial charge is 0.457 e. The summed E-state index contributed by atoms with van der Waals surface area (Å²) in [6.45, 7) is 5.09. The number of rotatable bonds is 36. The summed E-state index contributed by atoms with van der Waals surface area (Å²) >= 11 is 0. The molecule has 0 amide bonds. The van der Waals surface area contributed by atoms with Crippen LogP contribution < -0.4 is 0 Å². The van der Waals surface area contributed by atoms with Gasteiger partial charge >= 0.3 is 13.8 Å². The number of esters is 1. The summed E-state index contributed by atoms with van der Waals surface area (Å²) in [6, 6.07) is 0. The van der Waals surface area contributed by atoms with E-state index in [4.69, 9.17) is 18.5 Å². The summed E-state index contributed by atoms with van der Waals surface area (Å²) in [6.07, 6.45) is 32.3. The van der Waals surface area contributed by atoms with Gasteiger partial charge in [-0.05, 0) is 6.42 Å². The van der Waals surface area contributed by atoms with Crippen LogP contribution in [-0.4, -0.2) is 75.6 Å². The van der Waals surface area contributed by atoms with E-state index in [-0.39, 0.29) is 26.2 Å². The third-order valence-electron chi connectivity index (χ3n) is 8.47. The fraction of sp³-hybridized carbons (Fsp3) is 0.973. The van der Waals surface area contributed by atoms with Gasteiger partial charge in [-0.2, -0.15) is 0 Å². The second-order valence-corrected chi connectivity index (χ2v) is 15.7. The van der Waals surface area contributed by atoms with Crippen LogP contribution in [0.25, 0.3) is 0 Å². The Labute approximate surface area is 285 Å². The number of phosphoric ester groups is 1. The molecule has 0 radical (unpaired) electrons. The molecule has 0 bridgehead atoms. The van der Waals surface area contributed by atoms with E-state index >= 15 is 0 Å². The van der Waals surface area contributed by atoms with E-state index in [0.29, 0.717) is 17.6 Å². The maximum atomic E-state index is 12.2. The predicted octanol–water partition coefficient (Wildman–Crippen LogP) is 10.5. The van der Waals surface area contributed by atoms with Crippen molar-refractivity contribution in [1.29, 1.82) is 0 Å². The number of ether oxygens (including phenoxy) is 2. The van der Waals surface area contributed by atoms with Gasteiger partial charge in [-0.1, -0.05) is 162 Å². The zero-order valence-electron chi connectivity index (χ0n) is 31.1. The number of quaternary nitrogens is 1. The van der Waals surface area contributed by atoms with Crippen molar-refractivity contribution >= 4 is 13.8 Å². The van der Waals surface area contributed by atoms with Gasteiger partial charge in [0.25, 0.3) is 0 Å². The van der Waals surface area contributed by atoms with E-state index in [0.717, 1.165) is 12.8 Å². The van der Waals surface area contributed by atoms with Gasteiger partial charge in [-0.25, -0.2) is 4.57 Å². The maximum absolute atomic E-state index is 12.2. The number of hydrogen-bond donors (Lipinski definition) is 1. The minimum absolute atomic E-state index is 0.0900. The summed E-state index contributed by atoms with van der Waals surface area (Å²) in [4.78, 5) is 21.7. The molecule has 0 heterocycles. The van der Waals surface area contributed by atoms with Crippen LogP contribution in [0.3, 0.4) is 0 Å². The van der Waals surface area contributed by atoms with Crippen LogP contribution in [0.5, 0.6) is 0 Å². The highest BCUT2D eigenvalue weighted by Crippen LogP contribution is 2.43. The minimum atomic E-state index is -4.23. The maximum Gasteiger partial charge on any atom is 0.472 e. The van der Waals surface area contributed by atoms with Crippen LogP contribution in [-0.2, 0) is 27.9 Å². The molecule has 8 nitrogen and oxygen atoms in total. The Hall–Kier alpha value is -0.500. The lowest BCUT2D eigenvalue weighted by molar-refractivity contribution is -0.870. The Balaban J connectivity index is 3.59. The summed E-state index contributed by atoms with van der Waals surface area (Å²) in [7, 11) is 1.67. The topological polar surface area (TPSA) is 91.3 Å². The first kappa shape index (κ1) is 45.5. The monoisotopic (exact) mass is 679 g/mol. The normalized spacial score (nSPS) is 14.0. The van der Waals surface area contributed by atoms with Crippen LogP contribution in [0.15, 0.2) is 0 Å². The van der Waals surface area contributed by atoms with Gasteiger partial charge in [-0.3, -0.25) is 13.8 Å². The Morgan fingerprint density at radius 3 is 1.35 bits per heavy atom. The van der Waals surface area contributed by atoms with Gasteiger partial charge < -0.3 is 18.9 Å². The number of phosphoric acid groups is 1. The first-order valence-electron chi connectivity index (χ1n) is 19.3. The fourth-order valence-electron chi connectivity index (χ4n) is 5.41. The summed E-state index contributed by atoms with van der Waals surface area (Å²) in [5.74, 6) is -0.397. The van der Waals surface area contributed by atoms with Crippen LogP contribution in [0.1, 0.15) is 174 Å². The van der Waals surface area contributed by atoms with Crippen molar-refractivity contribution in [2.24, 2.45) is 0 Å². The molecule has 0 aliphatic rings. The quantitative estimate of drug-likeness (QED) is 0.0305. The Morgan fingerprint density at radius 1 is 0.587 bits per heavy atom. The number of likely N-dealkylation sites (N-methyl/N-ethyl adjacent to an activating group) is 1. The van der Waals surface area contributed by atoms with E-state index in [9.17, 15) is 14.3 Å². The highest BCUT2D eigenvalue weighted by atomic mass is 31.2. The van der Waals surface area contributed by atoms with Crippen molar-refractivity contribution in [2.45, 2.75) is 180 Å². The van der Waals surface area contributed by atoms with Crippen LogP contribution >= 0.6 is 7.82 Å². The molecule has 0 aromatic carbocycles. The molecule has 276 valence electrons. The van der Waals surface area contributed by atoms with E-state index in [1.807, 2.05) is 21.1 Å². The molecule has 0 rings (SSSR count). The van der Waals surface area contributed by atoms with Crippen LogP contribution in [0, 0.1) is 0 Å². The lowest BCUT2D eigenvalue weighted by atomic mass is 10.0. The Bertz CT molecular complexity index is 716. The zero-order valence-corrected chi connectivity index (χ0v) is 32.0. The van der Waals surface area contributed by atoms with Crippen LogP contribution in [0.2, 0.25) is 0 Å². The second-order valence-electron chi connectivity index (χ2n) is 14.3. The van der Waals surface area contributed by atoms with Gasteiger partial charge in [0.05, 0.1) is 34.4 Å². The molecule has 2 unspecified atom stereocenters. The van der Waals surface area contributed by atoms with Gasteiger partial charge in [0.15, 0.2) is 0 Å². The van der Waals surface area contributed by atoms with Gasteiger partial charge in [0.1, 0.15) is 19.3 Å². The number of nitrogens with zero attached hydrogens (tertiary/aromatic N) is 1. The van der Waals surface area contributed by atoms with Gasteiger partial charge in [0, 0.05) is 13.0 Å². The number of unbranched alkanes of at least 4 members (excludes halogenated alkanes) is 23. The summed E-state index contributed by atoms with van der Waals surface area (Å²) < 4.78 is 33.9. The number of hydrogen-bond acceptors (Lipinski definition) is 6. The average molecular weight is 679 g/mol. The standard InChI is InChI=1S/C37H76NO7P/c1-6-8-9-10-11-12-13-14-15-16-17-18-19-20-21-22-23-24-25-26-27-28-29-30-32-42-34-36(45-37(39)7-2)35-44-46(40,41)43-33-31-38(3,4)5/h36H,6-35H2,1-5H3/p+1. The Kier molecular flexibility index (Phi) is 31.4. The largest absolute Gasteiger partial charge is 0.472 e. The molecule has 46 heavy (non-hydrogen) atoms. The van der Waals surface area contributed by atoms with E-state index < -0.39 is 19.9 Å². The third kappa shape index (κ3) is 34.8. The first-order chi connectivity index (χ1) is 22.1. The van der Waals surface area contributed by atoms with E-state index in [2.05, 4.69) is 6.92 Å². The SMILES string of the molecule is CCCCCCCCCCCCCCCCCCCCCCCCCCOCC(COP(=O)(O)OCC[N+](C)(C)C)OC(=O)CC. The van der Waals surface area contributed by atoms with Crippen molar-refractivity contribution in [3.63, 3.8) is 0 Å². The zero-order chi connectivity index (χ0) is 34.2. The molecular weight excluding hydrogens is 601 g/mol. The minimum Gasteiger partial charge on any atom is -0.457 e. The summed E-state index contributed by atoms with van der Waals surface area (Å²) in [5.41, 5.74) is 0. The molecular formula is C37H77NO7P+. The molecule has 9 heteroatoms. The molecule has 0 fully saturated rings. The molecule has 0 saturated heterocycles. The predicted molar refractivity (Wildman–Crippen MR) is 192 cm³/mol. The molecule has 0 aliphatic heterocycles. The van der Waals surface area contributed by atoms with Crippen molar-refractivity contribution in [1.82, 2.24) is 0 Å². The number of carbonyl (C=O) groups is 1. The highest BCUT2D eigenvalue weighted by molar-refractivity contribution is 7.47. The van der Waals surface area contributed by atoms with E-state index in [1.165, 1.54) is 141 Å². The van der Waals surface area contributed by atoms with Crippen molar-refractivity contribution in [3.8, 4) is 0 Å². The van der Waals surface area contributed by atoms with Crippen molar-refractivity contribution < 1.29 is 37.3 Å². The molecule has 2 atom stereocenters. The third-order valence-corrected chi connectivity index (χ3v) is 9.46. The second kappa shape index (κ2) is 31.7. The molecule has 0 saturated carbocycles.